The van der Waals surface area contributed by atoms with Crippen LogP contribution >= 0.6 is 0 Å². The Labute approximate surface area is 211 Å². The van der Waals surface area contributed by atoms with E-state index in [0.717, 1.165) is 37.1 Å². The smallest absolute Gasteiger partial charge is 0.255 e. The maximum absolute atomic E-state index is 13.0. The van der Waals surface area contributed by atoms with Crippen molar-refractivity contribution in [2.24, 2.45) is 5.92 Å². The molecule has 0 bridgehead atoms. The normalized spacial score (nSPS) is 18.4. The second-order valence-electron chi connectivity index (χ2n) is 9.30. The number of morpholine rings is 1. The Morgan fingerprint density at radius 3 is 2.61 bits per heavy atom. The van der Waals surface area contributed by atoms with Crippen molar-refractivity contribution in [1.29, 1.82) is 0 Å². The van der Waals surface area contributed by atoms with Crippen LogP contribution in [0.4, 0.5) is 17.3 Å². The lowest BCUT2D eigenvalue weighted by Gasteiger charge is -2.35. The summed E-state index contributed by atoms with van der Waals surface area (Å²) in [6, 6.07) is 18.3. The Morgan fingerprint density at radius 2 is 1.78 bits per heavy atom. The molecule has 0 unspecified atom stereocenters. The van der Waals surface area contributed by atoms with Crippen LogP contribution in [0.15, 0.2) is 66.9 Å². The van der Waals surface area contributed by atoms with E-state index in [1.54, 1.807) is 18.3 Å². The summed E-state index contributed by atoms with van der Waals surface area (Å²) in [4.78, 5) is 36.7. The fourth-order valence-electron chi connectivity index (χ4n) is 4.83. The van der Waals surface area contributed by atoms with Crippen LogP contribution in [-0.2, 0) is 9.53 Å². The van der Waals surface area contributed by atoms with E-state index in [-0.39, 0.29) is 23.8 Å². The topological polar surface area (TPSA) is 96.5 Å². The van der Waals surface area contributed by atoms with Crippen LogP contribution in [-0.4, -0.2) is 46.4 Å². The van der Waals surface area contributed by atoms with Crippen LogP contribution in [0.2, 0.25) is 0 Å². The molecule has 186 valence electrons. The molecule has 2 amide bonds. The third kappa shape index (κ3) is 5.88. The standard InChI is InChI=1S/C28H31N5O3/c34-27(30-22-10-5-2-6-11-22)21-14-15-29-26(18-21)32-25-13-7-12-23(31-25)24-19-33(16-17-36-24)28(35)20-8-3-1-4-9-20/h2,5-7,10-15,18,20,24H,1,3-4,8-9,16-17,19H2,(H,30,34)(H,29,31,32)/t24-/m1/s1. The summed E-state index contributed by atoms with van der Waals surface area (Å²) in [6.45, 7) is 1.65. The Hall–Kier alpha value is -3.78. The molecule has 1 aliphatic carbocycles. The summed E-state index contributed by atoms with van der Waals surface area (Å²) in [5, 5.41) is 6.07. The molecule has 2 N–H and O–H groups in total. The predicted molar refractivity (Wildman–Crippen MR) is 138 cm³/mol. The van der Waals surface area contributed by atoms with Gasteiger partial charge in [-0.05, 0) is 49.2 Å². The molecule has 36 heavy (non-hydrogen) atoms. The summed E-state index contributed by atoms with van der Waals surface area (Å²) >= 11 is 0. The van der Waals surface area contributed by atoms with E-state index in [1.807, 2.05) is 53.4 Å². The van der Waals surface area contributed by atoms with Crippen molar-refractivity contribution in [1.82, 2.24) is 14.9 Å². The first-order chi connectivity index (χ1) is 17.7. The number of para-hydroxylation sites is 1. The van der Waals surface area contributed by atoms with E-state index >= 15 is 0 Å². The van der Waals surface area contributed by atoms with Crippen LogP contribution in [0.25, 0.3) is 0 Å². The maximum Gasteiger partial charge on any atom is 0.255 e. The van der Waals surface area contributed by atoms with Gasteiger partial charge in [-0.3, -0.25) is 9.59 Å². The van der Waals surface area contributed by atoms with Gasteiger partial charge in [-0.2, -0.15) is 0 Å². The van der Waals surface area contributed by atoms with Gasteiger partial charge in [-0.15, -0.1) is 0 Å². The summed E-state index contributed by atoms with van der Waals surface area (Å²) < 4.78 is 5.99. The van der Waals surface area contributed by atoms with E-state index < -0.39 is 0 Å². The number of hydrogen-bond donors (Lipinski definition) is 2. The van der Waals surface area contributed by atoms with Gasteiger partial charge in [0, 0.05) is 29.9 Å². The van der Waals surface area contributed by atoms with Gasteiger partial charge in [-0.1, -0.05) is 43.5 Å². The van der Waals surface area contributed by atoms with Crippen LogP contribution in [0.3, 0.4) is 0 Å². The molecule has 1 saturated carbocycles. The number of rotatable bonds is 6. The molecule has 2 aliphatic rings. The minimum absolute atomic E-state index is 0.149. The largest absolute Gasteiger partial charge is 0.368 e. The number of aromatic nitrogens is 2. The highest BCUT2D eigenvalue weighted by molar-refractivity contribution is 6.04. The van der Waals surface area contributed by atoms with Crippen molar-refractivity contribution in [3.63, 3.8) is 0 Å². The second-order valence-corrected chi connectivity index (χ2v) is 9.30. The molecule has 2 aromatic heterocycles. The Bertz CT molecular complexity index is 1200. The molecule has 2 fully saturated rings. The number of ether oxygens (including phenoxy) is 1. The minimum Gasteiger partial charge on any atom is -0.368 e. The second kappa shape index (κ2) is 11.3. The number of pyridine rings is 2. The zero-order chi connectivity index (χ0) is 24.7. The lowest BCUT2D eigenvalue weighted by Crippen LogP contribution is -2.45. The number of carbonyl (C=O) groups excluding carboxylic acids is 2. The number of anilines is 3. The van der Waals surface area contributed by atoms with Gasteiger partial charge in [0.15, 0.2) is 0 Å². The number of amides is 2. The van der Waals surface area contributed by atoms with E-state index in [2.05, 4.69) is 15.6 Å². The van der Waals surface area contributed by atoms with E-state index in [0.29, 0.717) is 36.9 Å². The van der Waals surface area contributed by atoms with Gasteiger partial charge in [0.25, 0.3) is 5.91 Å². The summed E-state index contributed by atoms with van der Waals surface area (Å²) in [6.07, 6.45) is 6.82. The Kier molecular flexibility index (Phi) is 7.52. The summed E-state index contributed by atoms with van der Waals surface area (Å²) in [5.74, 6) is 1.30. The van der Waals surface area contributed by atoms with Gasteiger partial charge in [-0.25, -0.2) is 9.97 Å². The van der Waals surface area contributed by atoms with Crippen molar-refractivity contribution < 1.29 is 14.3 Å². The van der Waals surface area contributed by atoms with Crippen molar-refractivity contribution in [3.8, 4) is 0 Å². The van der Waals surface area contributed by atoms with Gasteiger partial charge in [0.05, 0.1) is 18.8 Å². The number of benzene rings is 1. The van der Waals surface area contributed by atoms with Crippen molar-refractivity contribution >= 4 is 29.1 Å². The van der Waals surface area contributed by atoms with Crippen molar-refractivity contribution in [2.75, 3.05) is 30.3 Å². The molecular weight excluding hydrogens is 454 g/mol. The lowest BCUT2D eigenvalue weighted by molar-refractivity contribution is -0.144. The molecular formula is C28H31N5O3. The third-order valence-electron chi connectivity index (χ3n) is 6.74. The molecule has 1 aliphatic heterocycles. The Balaban J connectivity index is 1.24. The average molecular weight is 486 g/mol. The average Bonchev–Trinajstić information content (AvgIpc) is 2.94. The first kappa shape index (κ1) is 23.9. The Morgan fingerprint density at radius 1 is 0.944 bits per heavy atom. The first-order valence-corrected chi connectivity index (χ1v) is 12.6. The molecule has 3 heterocycles. The molecule has 8 nitrogen and oxygen atoms in total. The van der Waals surface area contributed by atoms with E-state index in [4.69, 9.17) is 9.72 Å². The molecule has 0 radical (unpaired) electrons. The molecule has 1 aromatic carbocycles. The number of nitrogens with one attached hydrogen (secondary N) is 2. The van der Waals surface area contributed by atoms with Crippen molar-refractivity contribution in [3.05, 3.63) is 78.1 Å². The zero-order valence-corrected chi connectivity index (χ0v) is 20.2. The highest BCUT2D eigenvalue weighted by Crippen LogP contribution is 2.29. The molecule has 3 aromatic rings. The van der Waals surface area contributed by atoms with Crippen LogP contribution in [0.1, 0.15) is 54.3 Å². The highest BCUT2D eigenvalue weighted by Gasteiger charge is 2.31. The van der Waals surface area contributed by atoms with E-state index in [1.165, 1.54) is 6.42 Å². The predicted octanol–water partition coefficient (Wildman–Crippen LogP) is 4.95. The van der Waals surface area contributed by atoms with Crippen LogP contribution < -0.4 is 10.6 Å². The van der Waals surface area contributed by atoms with Gasteiger partial charge in [0.1, 0.15) is 17.7 Å². The zero-order valence-electron chi connectivity index (χ0n) is 20.2. The quantitative estimate of drug-likeness (QED) is 0.513. The van der Waals surface area contributed by atoms with Crippen LogP contribution in [0, 0.1) is 5.92 Å². The minimum atomic E-state index is -0.274. The third-order valence-corrected chi connectivity index (χ3v) is 6.74. The summed E-state index contributed by atoms with van der Waals surface area (Å²) in [5.41, 5.74) is 1.98. The lowest BCUT2D eigenvalue weighted by atomic mass is 9.88. The highest BCUT2D eigenvalue weighted by atomic mass is 16.5. The van der Waals surface area contributed by atoms with E-state index in [9.17, 15) is 9.59 Å². The monoisotopic (exact) mass is 485 g/mol. The SMILES string of the molecule is O=C(Nc1ccccc1)c1ccnc(Nc2cccc([C@H]3CN(C(=O)C4CCCCC4)CCO3)n2)c1. The first-order valence-electron chi connectivity index (χ1n) is 12.6. The molecule has 1 atom stereocenters. The fourth-order valence-corrected chi connectivity index (χ4v) is 4.83. The van der Waals surface area contributed by atoms with Crippen LogP contribution in [0.5, 0.6) is 0 Å². The maximum atomic E-state index is 13.0. The molecule has 5 rings (SSSR count). The molecule has 1 saturated heterocycles. The molecule has 0 spiro atoms. The fraction of sp³-hybridized carbons (Fsp3) is 0.357. The number of nitrogens with zero attached hydrogens (tertiary/aromatic N) is 3. The number of hydrogen-bond acceptors (Lipinski definition) is 6. The summed E-state index contributed by atoms with van der Waals surface area (Å²) in [7, 11) is 0. The van der Waals surface area contributed by atoms with Gasteiger partial charge < -0.3 is 20.3 Å². The van der Waals surface area contributed by atoms with Gasteiger partial charge >= 0.3 is 0 Å². The van der Waals surface area contributed by atoms with Gasteiger partial charge in [0.2, 0.25) is 5.91 Å². The van der Waals surface area contributed by atoms with Crippen molar-refractivity contribution in [2.45, 2.75) is 38.2 Å². The molecule has 8 heteroatoms. The number of carbonyl (C=O) groups is 2.